The van der Waals surface area contributed by atoms with Crippen molar-refractivity contribution in [1.82, 2.24) is 0 Å². The molecule has 4 heavy (non-hydrogen) atoms. The van der Waals surface area contributed by atoms with E-state index >= 15 is 0 Å². The fraction of sp³-hybridized carbons (Fsp3) is 0. The number of rotatable bonds is 0. The van der Waals surface area contributed by atoms with Crippen LogP contribution in [-0.4, -0.2) is 25.8 Å². The standard InChI is InChI=1S/Al.B.Fe.Nd.2H. The Bertz CT molecular complexity index is 8.00. The summed E-state index contributed by atoms with van der Waals surface area (Å²) >= 11 is 0. The van der Waals surface area contributed by atoms with Crippen LogP contribution in [0.2, 0.25) is 0 Å². The molecule has 0 heterocycles. The zero-order valence-corrected chi connectivity index (χ0v) is 8.74. The Labute approximate surface area is 82.2 Å². The molecule has 4 heteroatoms. The number of hydrogen-bond donors (Lipinski definition) is 0. The summed E-state index contributed by atoms with van der Waals surface area (Å²) < 4.78 is 0. The van der Waals surface area contributed by atoms with Gasteiger partial charge in [0.25, 0.3) is 0 Å². The Morgan fingerprint density at radius 2 is 1.00 bits per heavy atom. The van der Waals surface area contributed by atoms with Gasteiger partial charge in [0, 0.05) is 66.3 Å². The van der Waals surface area contributed by atoms with Crippen molar-refractivity contribution in [1.29, 1.82) is 0 Å². The van der Waals surface area contributed by atoms with Crippen molar-refractivity contribution in [2.24, 2.45) is 0 Å². The van der Waals surface area contributed by atoms with Gasteiger partial charge in [-0.1, -0.05) is 0 Å². The van der Waals surface area contributed by atoms with Gasteiger partial charge in [-0.05, 0) is 0 Å². The SMILES string of the molecule is [AlH2].[B].[Fe].[Nd]. The minimum absolute atomic E-state index is 0. The monoisotopic (exact) mass is 238 g/mol. The van der Waals surface area contributed by atoms with Crippen LogP contribution in [0.3, 0.4) is 0 Å². The minimum atomic E-state index is 0. The van der Waals surface area contributed by atoms with Crippen molar-refractivity contribution in [3.8, 4) is 0 Å². The van der Waals surface area contributed by atoms with Crippen LogP contribution in [-0.2, 0) is 17.1 Å². The molecule has 0 saturated heterocycles. The zero-order valence-electron chi connectivity index (χ0n) is 2.43. The van der Waals surface area contributed by atoms with E-state index in [4.69, 9.17) is 0 Å². The van der Waals surface area contributed by atoms with Crippen molar-refractivity contribution < 1.29 is 57.9 Å². The molecule has 0 nitrogen and oxygen atoms in total. The van der Waals surface area contributed by atoms with E-state index in [9.17, 15) is 0 Å². The van der Waals surface area contributed by atoms with Crippen LogP contribution in [0.1, 0.15) is 0 Å². The predicted molar refractivity (Wildman–Crippen MR) is 14.3 cm³/mol. The largest absolute Gasteiger partial charge is 0.146 e. The summed E-state index contributed by atoms with van der Waals surface area (Å²) in [6, 6.07) is 0. The topological polar surface area (TPSA) is 0 Å². The Kier molecular flexibility index (Phi) is 142. The van der Waals surface area contributed by atoms with Crippen LogP contribution in [0, 0.1) is 40.8 Å². The predicted octanol–water partition coefficient (Wildman–Crippen LogP) is -1.30. The number of hydrogen-bond acceptors (Lipinski definition) is 0. The third-order valence-corrected chi connectivity index (χ3v) is 0. The van der Waals surface area contributed by atoms with E-state index in [1.807, 2.05) is 0 Å². The van der Waals surface area contributed by atoms with E-state index < -0.39 is 0 Å². The Morgan fingerprint density at radius 3 is 1.00 bits per heavy atom. The normalized spacial score (nSPS) is 0. The van der Waals surface area contributed by atoms with Gasteiger partial charge < -0.3 is 0 Å². The van der Waals surface area contributed by atoms with Crippen molar-refractivity contribution in [3.63, 3.8) is 0 Å². The summed E-state index contributed by atoms with van der Waals surface area (Å²) in [7, 11) is 0. The molecular weight excluding hydrogens is 238 g/mol. The van der Waals surface area contributed by atoms with Crippen LogP contribution in [0.5, 0.6) is 0 Å². The average molecular weight is 240 g/mol. The molecule has 0 spiro atoms. The fourth-order valence-electron chi connectivity index (χ4n) is 0. The molecule has 0 amide bonds. The molecule has 0 aliphatic carbocycles. The first kappa shape index (κ1) is 31.8. The second kappa shape index (κ2) is 17.9. The molecule has 0 unspecified atom stereocenters. The smallest absolute Gasteiger partial charge is 0 e. The van der Waals surface area contributed by atoms with Crippen molar-refractivity contribution >= 4 is 25.8 Å². The molecule has 0 N–H and O–H groups in total. The van der Waals surface area contributed by atoms with E-state index in [0.29, 0.717) is 0 Å². The first-order chi connectivity index (χ1) is 0. The summed E-state index contributed by atoms with van der Waals surface area (Å²) in [6.07, 6.45) is 0. The molecule has 4 radical (unpaired) electrons. The zero-order chi connectivity index (χ0) is 0. The fourth-order valence-corrected chi connectivity index (χ4v) is 0. The summed E-state index contributed by atoms with van der Waals surface area (Å²) in [5, 5.41) is 0. The van der Waals surface area contributed by atoms with Crippen LogP contribution >= 0.6 is 0 Å². The second-order valence-corrected chi connectivity index (χ2v) is 0. The van der Waals surface area contributed by atoms with Crippen molar-refractivity contribution in [2.45, 2.75) is 0 Å². The molecule has 0 aliphatic rings. The third kappa shape index (κ3) is 8.82. The molecule has 0 aromatic carbocycles. The van der Waals surface area contributed by atoms with Gasteiger partial charge in [-0.15, -0.1) is 0 Å². The maximum Gasteiger partial charge on any atom is 0.146 e. The van der Waals surface area contributed by atoms with Gasteiger partial charge in [0.15, 0.2) is 0 Å². The molecule has 0 bridgehead atoms. The van der Waals surface area contributed by atoms with E-state index in [2.05, 4.69) is 0 Å². The quantitative estimate of drug-likeness (QED) is 0.462. The van der Waals surface area contributed by atoms with Gasteiger partial charge in [0.1, 0.15) is 17.4 Å². The Hall–Kier alpha value is 2.47. The summed E-state index contributed by atoms with van der Waals surface area (Å²) in [4.78, 5) is 0. The van der Waals surface area contributed by atoms with Gasteiger partial charge in [-0.3, -0.25) is 0 Å². The Balaban J connectivity index is 0. The molecule has 0 aliphatic heterocycles. The van der Waals surface area contributed by atoms with Crippen molar-refractivity contribution in [3.05, 3.63) is 0 Å². The van der Waals surface area contributed by atoms with Crippen LogP contribution in [0.15, 0.2) is 0 Å². The van der Waals surface area contributed by atoms with Crippen LogP contribution in [0.4, 0.5) is 0 Å². The van der Waals surface area contributed by atoms with E-state index in [1.165, 1.54) is 0 Å². The maximum absolute atomic E-state index is 0. The first-order valence-corrected chi connectivity index (χ1v) is 0. The summed E-state index contributed by atoms with van der Waals surface area (Å²) in [5.41, 5.74) is 0. The van der Waals surface area contributed by atoms with Gasteiger partial charge in [0.05, 0.1) is 0 Å². The molecule has 0 atom stereocenters. The molecule has 0 fully saturated rings. The minimum Gasteiger partial charge on any atom is 0 e. The average Bonchev–Trinajstić information content (AvgIpc) is 0. The first-order valence-electron chi connectivity index (χ1n) is 0. The Morgan fingerprint density at radius 1 is 1.00 bits per heavy atom. The molecule has 0 aromatic rings. The van der Waals surface area contributed by atoms with E-state index in [-0.39, 0.29) is 83.7 Å². The van der Waals surface area contributed by atoms with Gasteiger partial charge in [-0.25, -0.2) is 0 Å². The summed E-state index contributed by atoms with van der Waals surface area (Å²) in [6.45, 7) is 0. The van der Waals surface area contributed by atoms with E-state index in [0.717, 1.165) is 0 Å². The van der Waals surface area contributed by atoms with Crippen LogP contribution < -0.4 is 0 Å². The second-order valence-electron chi connectivity index (χ2n) is 0. The van der Waals surface area contributed by atoms with Crippen molar-refractivity contribution in [2.75, 3.05) is 0 Å². The van der Waals surface area contributed by atoms with Gasteiger partial charge in [0.2, 0.25) is 0 Å². The molecule has 0 saturated carbocycles. The van der Waals surface area contributed by atoms with Gasteiger partial charge in [-0.2, -0.15) is 0 Å². The molecule has 0 aromatic heterocycles. The van der Waals surface area contributed by atoms with E-state index in [1.54, 1.807) is 0 Å². The molecular formula is H2AlBFeNd. The van der Waals surface area contributed by atoms with Gasteiger partial charge >= 0.3 is 0 Å². The molecule has 0 rings (SSSR count). The maximum atomic E-state index is 0. The van der Waals surface area contributed by atoms with Crippen LogP contribution in [0.25, 0.3) is 0 Å². The third-order valence-electron chi connectivity index (χ3n) is 0. The summed E-state index contributed by atoms with van der Waals surface area (Å²) in [5.74, 6) is 0. The molecule has 20 valence electrons.